The smallest absolute Gasteiger partial charge is 0.156 e. The summed E-state index contributed by atoms with van der Waals surface area (Å²) in [4.78, 5) is 16.9. The first kappa shape index (κ1) is 20.7. The predicted octanol–water partition coefficient (Wildman–Crippen LogP) is 5.16. The standard InChI is InChI=1S/C21H24N6.C2H6/c1-13-24-17(27-26-13)10-9-16-18(25-20-19(16)22-11-12-23-20)14-5-7-15(8-6-14)21(2,3)4;1-2/h5-8,11-12H,9-10H2,1-4H3,(H,23,25)(H,24,26,27);1-2H3. The summed E-state index contributed by atoms with van der Waals surface area (Å²) in [6.45, 7) is 12.6. The van der Waals surface area contributed by atoms with Gasteiger partial charge in [-0.1, -0.05) is 58.9 Å². The molecule has 0 aliphatic carbocycles. The Morgan fingerprint density at radius 3 is 2.24 bits per heavy atom. The fourth-order valence-corrected chi connectivity index (χ4v) is 3.33. The van der Waals surface area contributed by atoms with Gasteiger partial charge in [0.2, 0.25) is 0 Å². The van der Waals surface area contributed by atoms with Gasteiger partial charge in [-0.05, 0) is 29.9 Å². The SMILES string of the molecule is CC.Cc1nc(CCc2c(-c3ccc(C(C)(C)C)cc3)[nH]c3nccnc23)n[nH]1. The molecular formula is C23H30N6. The van der Waals surface area contributed by atoms with E-state index in [1.165, 1.54) is 5.56 Å². The van der Waals surface area contributed by atoms with E-state index in [4.69, 9.17) is 0 Å². The Bertz CT molecular complexity index is 1070. The summed E-state index contributed by atoms with van der Waals surface area (Å²) in [5, 5.41) is 7.16. The minimum absolute atomic E-state index is 0.133. The van der Waals surface area contributed by atoms with Crippen LogP contribution in [0, 0.1) is 6.92 Å². The molecule has 0 saturated heterocycles. The van der Waals surface area contributed by atoms with Gasteiger partial charge in [-0.2, -0.15) is 5.10 Å². The molecule has 0 saturated carbocycles. The maximum absolute atomic E-state index is 4.56. The average Bonchev–Trinajstić information content (AvgIpc) is 3.30. The number of nitrogens with one attached hydrogen (secondary N) is 2. The van der Waals surface area contributed by atoms with Crippen LogP contribution >= 0.6 is 0 Å². The first-order valence-electron chi connectivity index (χ1n) is 10.2. The molecule has 6 nitrogen and oxygen atoms in total. The van der Waals surface area contributed by atoms with Crippen molar-refractivity contribution in [1.29, 1.82) is 0 Å². The van der Waals surface area contributed by atoms with Crippen molar-refractivity contribution in [3.8, 4) is 11.3 Å². The number of fused-ring (bicyclic) bond motifs is 1. The van der Waals surface area contributed by atoms with Crippen molar-refractivity contribution in [2.45, 2.75) is 59.8 Å². The lowest BCUT2D eigenvalue weighted by Gasteiger charge is -2.19. The summed E-state index contributed by atoms with van der Waals surface area (Å²) < 4.78 is 0. The van der Waals surface area contributed by atoms with Crippen LogP contribution in [0.1, 0.15) is 57.4 Å². The van der Waals surface area contributed by atoms with Gasteiger partial charge in [0.25, 0.3) is 0 Å². The molecule has 4 rings (SSSR count). The molecule has 29 heavy (non-hydrogen) atoms. The van der Waals surface area contributed by atoms with Gasteiger partial charge in [-0.3, -0.25) is 10.1 Å². The van der Waals surface area contributed by atoms with Crippen LogP contribution in [0.3, 0.4) is 0 Å². The number of rotatable bonds is 4. The highest BCUT2D eigenvalue weighted by Crippen LogP contribution is 2.31. The van der Waals surface area contributed by atoms with Crippen molar-refractivity contribution in [3.63, 3.8) is 0 Å². The molecule has 3 aromatic heterocycles. The minimum atomic E-state index is 0.133. The highest BCUT2D eigenvalue weighted by atomic mass is 15.2. The molecule has 0 fully saturated rings. The molecule has 0 unspecified atom stereocenters. The highest BCUT2D eigenvalue weighted by molar-refractivity contribution is 5.85. The van der Waals surface area contributed by atoms with E-state index in [0.717, 1.165) is 52.5 Å². The Morgan fingerprint density at radius 1 is 0.931 bits per heavy atom. The third-order valence-electron chi connectivity index (χ3n) is 4.81. The number of aryl methyl sites for hydroxylation is 3. The zero-order valence-electron chi connectivity index (χ0n) is 18.2. The van der Waals surface area contributed by atoms with Crippen LogP contribution in [0.15, 0.2) is 36.7 Å². The molecule has 3 heterocycles. The molecule has 0 spiro atoms. The topological polar surface area (TPSA) is 83.1 Å². The Labute approximate surface area is 172 Å². The van der Waals surface area contributed by atoms with Gasteiger partial charge in [0, 0.05) is 24.4 Å². The van der Waals surface area contributed by atoms with E-state index in [1.807, 2.05) is 20.8 Å². The van der Waals surface area contributed by atoms with Gasteiger partial charge in [0.05, 0.1) is 5.69 Å². The molecule has 0 aliphatic rings. The maximum atomic E-state index is 4.56. The van der Waals surface area contributed by atoms with Gasteiger partial charge in [-0.15, -0.1) is 0 Å². The van der Waals surface area contributed by atoms with Crippen molar-refractivity contribution in [2.75, 3.05) is 0 Å². The second-order valence-electron chi connectivity index (χ2n) is 7.90. The number of hydrogen-bond donors (Lipinski definition) is 2. The molecule has 0 atom stereocenters. The second-order valence-corrected chi connectivity index (χ2v) is 7.90. The van der Waals surface area contributed by atoms with E-state index in [9.17, 15) is 0 Å². The number of aromatic amines is 2. The summed E-state index contributed by atoms with van der Waals surface area (Å²) in [5.41, 5.74) is 6.55. The average molecular weight is 391 g/mol. The van der Waals surface area contributed by atoms with Crippen LogP contribution in [-0.2, 0) is 18.3 Å². The van der Waals surface area contributed by atoms with Crippen molar-refractivity contribution < 1.29 is 0 Å². The summed E-state index contributed by atoms with van der Waals surface area (Å²) in [6, 6.07) is 8.74. The summed E-state index contributed by atoms with van der Waals surface area (Å²) >= 11 is 0. The Hall–Kier alpha value is -3.02. The van der Waals surface area contributed by atoms with Crippen LogP contribution in [0.25, 0.3) is 22.4 Å². The molecule has 1 aromatic carbocycles. The third kappa shape index (κ3) is 4.53. The normalized spacial score (nSPS) is 11.4. The van der Waals surface area contributed by atoms with Crippen molar-refractivity contribution in [3.05, 3.63) is 59.4 Å². The monoisotopic (exact) mass is 390 g/mol. The molecule has 4 aromatic rings. The Kier molecular flexibility index (Phi) is 6.11. The number of nitrogens with zero attached hydrogens (tertiary/aromatic N) is 4. The second kappa shape index (κ2) is 8.55. The molecule has 2 N–H and O–H groups in total. The van der Waals surface area contributed by atoms with E-state index in [1.54, 1.807) is 12.4 Å². The van der Waals surface area contributed by atoms with E-state index < -0.39 is 0 Å². The molecule has 0 amide bonds. The first-order valence-corrected chi connectivity index (χ1v) is 10.2. The van der Waals surface area contributed by atoms with Crippen LogP contribution < -0.4 is 0 Å². The summed E-state index contributed by atoms with van der Waals surface area (Å²) in [5.74, 6) is 1.65. The van der Waals surface area contributed by atoms with Gasteiger partial charge >= 0.3 is 0 Å². The third-order valence-corrected chi connectivity index (χ3v) is 4.81. The van der Waals surface area contributed by atoms with Crippen molar-refractivity contribution >= 4 is 11.2 Å². The predicted molar refractivity (Wildman–Crippen MR) is 118 cm³/mol. The maximum Gasteiger partial charge on any atom is 0.156 e. The summed E-state index contributed by atoms with van der Waals surface area (Å²) in [7, 11) is 0. The molecular weight excluding hydrogens is 360 g/mol. The first-order chi connectivity index (χ1) is 13.9. The molecule has 0 aliphatic heterocycles. The van der Waals surface area contributed by atoms with Gasteiger partial charge < -0.3 is 4.98 Å². The lowest BCUT2D eigenvalue weighted by atomic mass is 9.86. The van der Waals surface area contributed by atoms with E-state index in [0.29, 0.717) is 0 Å². The molecule has 6 heteroatoms. The van der Waals surface area contributed by atoms with Gasteiger partial charge in [-0.25, -0.2) is 9.97 Å². The van der Waals surface area contributed by atoms with Gasteiger partial charge in [0.1, 0.15) is 11.3 Å². The highest BCUT2D eigenvalue weighted by Gasteiger charge is 2.18. The molecule has 152 valence electrons. The Morgan fingerprint density at radius 2 is 1.62 bits per heavy atom. The van der Waals surface area contributed by atoms with Crippen molar-refractivity contribution in [2.24, 2.45) is 0 Å². The van der Waals surface area contributed by atoms with E-state index in [-0.39, 0.29) is 5.41 Å². The van der Waals surface area contributed by atoms with Gasteiger partial charge in [0.15, 0.2) is 11.5 Å². The lowest BCUT2D eigenvalue weighted by molar-refractivity contribution is 0.590. The Balaban J connectivity index is 0.00000117. The molecule has 0 radical (unpaired) electrons. The van der Waals surface area contributed by atoms with Crippen LogP contribution in [0.5, 0.6) is 0 Å². The van der Waals surface area contributed by atoms with Crippen molar-refractivity contribution in [1.82, 2.24) is 30.1 Å². The van der Waals surface area contributed by atoms with Crippen LogP contribution in [0.2, 0.25) is 0 Å². The number of H-pyrrole nitrogens is 2. The number of benzene rings is 1. The van der Waals surface area contributed by atoms with E-state index >= 15 is 0 Å². The zero-order valence-corrected chi connectivity index (χ0v) is 18.2. The van der Waals surface area contributed by atoms with Crippen LogP contribution in [0.4, 0.5) is 0 Å². The lowest BCUT2D eigenvalue weighted by Crippen LogP contribution is -2.10. The minimum Gasteiger partial charge on any atom is -0.338 e. The fourth-order valence-electron chi connectivity index (χ4n) is 3.33. The van der Waals surface area contributed by atoms with Crippen LogP contribution in [-0.4, -0.2) is 30.1 Å². The fraction of sp³-hybridized carbons (Fsp3) is 0.391. The number of hydrogen-bond acceptors (Lipinski definition) is 4. The summed E-state index contributed by atoms with van der Waals surface area (Å²) in [6.07, 6.45) is 5.00. The largest absolute Gasteiger partial charge is 0.338 e. The quantitative estimate of drug-likeness (QED) is 0.504. The molecule has 0 bridgehead atoms. The number of aromatic nitrogens is 6. The zero-order chi connectivity index (χ0) is 21.0. The van der Waals surface area contributed by atoms with E-state index in [2.05, 4.69) is 75.2 Å².